The van der Waals surface area contributed by atoms with Crippen LogP contribution in [0.3, 0.4) is 0 Å². The first kappa shape index (κ1) is 19.4. The molecule has 0 radical (unpaired) electrons. The molecule has 0 aromatic rings. The molecule has 0 rings (SSSR count). The van der Waals surface area contributed by atoms with Crippen LogP contribution in [0.1, 0.15) is 34.1 Å². The zero-order chi connectivity index (χ0) is 17.5. The van der Waals surface area contributed by atoms with Gasteiger partial charge in [-0.3, -0.25) is 0 Å². The molecular weight excluding hydrogens is 288 g/mol. The maximum atomic E-state index is 11.9. The largest absolute Gasteiger partial charge is 0.423 e. The summed E-state index contributed by atoms with van der Waals surface area (Å²) in [5.74, 6) is -4.84. The summed E-state index contributed by atoms with van der Waals surface area (Å²) in [5.41, 5.74) is 2.48. The lowest BCUT2D eigenvalue weighted by Crippen LogP contribution is -2.44. The van der Waals surface area contributed by atoms with Gasteiger partial charge in [0.1, 0.15) is 0 Å². The Morgan fingerprint density at radius 3 is 1.55 bits per heavy atom. The minimum Gasteiger partial charge on any atom is -0.385 e. The minimum atomic E-state index is -2.21. The normalized spacial score (nSPS) is 10.0. The molecule has 6 nitrogen and oxygen atoms in total. The predicted molar refractivity (Wildman–Crippen MR) is 79.3 cm³/mol. The molecule has 0 unspecified atom stereocenters. The van der Waals surface area contributed by atoms with Gasteiger partial charge in [-0.25, -0.2) is 14.4 Å². The van der Waals surface area contributed by atoms with E-state index in [4.69, 9.17) is 14.2 Å². The summed E-state index contributed by atoms with van der Waals surface area (Å²) in [6.45, 7) is 15.9. The number of rotatable bonds is 7. The average Bonchev–Trinajstić information content (AvgIpc) is 2.45. The van der Waals surface area contributed by atoms with Crippen LogP contribution in [0.15, 0.2) is 42.2 Å². The Kier molecular flexibility index (Phi) is 7.06. The molecule has 0 aliphatic heterocycles. The van der Waals surface area contributed by atoms with Gasteiger partial charge in [-0.1, -0.05) is 26.7 Å². The van der Waals surface area contributed by atoms with E-state index in [0.717, 1.165) is 0 Å². The first-order valence-corrected chi connectivity index (χ1v) is 6.46. The Morgan fingerprint density at radius 2 is 1.27 bits per heavy atom. The fourth-order valence-electron chi connectivity index (χ4n) is 1.03. The fraction of sp³-hybridized carbons (Fsp3) is 0.375. The van der Waals surface area contributed by atoms with Crippen molar-refractivity contribution in [3.63, 3.8) is 0 Å². The topological polar surface area (TPSA) is 78.9 Å². The fourth-order valence-corrected chi connectivity index (χ4v) is 1.03. The van der Waals surface area contributed by atoms with Crippen molar-refractivity contribution in [1.29, 1.82) is 0 Å². The van der Waals surface area contributed by atoms with Gasteiger partial charge >= 0.3 is 23.9 Å². The summed E-state index contributed by atoms with van der Waals surface area (Å²) in [6.07, 6.45) is -0.124. The molecule has 0 amide bonds. The first-order valence-electron chi connectivity index (χ1n) is 6.46. The number of hydrogen-bond donors (Lipinski definition) is 0. The molecule has 0 N–H and O–H groups in total. The van der Waals surface area contributed by atoms with Gasteiger partial charge < -0.3 is 14.2 Å². The maximum Gasteiger partial charge on any atom is 0.423 e. The molecule has 0 atom stereocenters. The third-order valence-corrected chi connectivity index (χ3v) is 2.45. The number of hydrogen-bond acceptors (Lipinski definition) is 6. The molecule has 0 heterocycles. The summed E-state index contributed by atoms with van der Waals surface area (Å²) in [4.78, 5) is 35.3. The molecule has 6 heteroatoms. The second-order valence-corrected chi connectivity index (χ2v) is 4.57. The quantitative estimate of drug-likeness (QED) is 0.311. The Hall–Kier alpha value is -2.59. The Bertz CT molecular complexity index is 535. The summed E-state index contributed by atoms with van der Waals surface area (Å²) >= 11 is 0. The van der Waals surface area contributed by atoms with E-state index >= 15 is 0 Å². The minimum absolute atomic E-state index is 0.0376. The van der Waals surface area contributed by atoms with Crippen LogP contribution < -0.4 is 0 Å². The van der Waals surface area contributed by atoms with Crippen molar-refractivity contribution in [2.45, 2.75) is 40.1 Å². The van der Waals surface area contributed by atoms with Crippen molar-refractivity contribution in [1.82, 2.24) is 0 Å². The smallest absolute Gasteiger partial charge is 0.385 e. The molecule has 0 aromatic carbocycles. The van der Waals surface area contributed by atoms with Crippen molar-refractivity contribution >= 4 is 17.9 Å². The summed E-state index contributed by atoms with van der Waals surface area (Å²) in [6, 6.07) is 0. The van der Waals surface area contributed by atoms with Crippen molar-refractivity contribution in [3.05, 3.63) is 42.2 Å². The van der Waals surface area contributed by atoms with Crippen LogP contribution in [-0.4, -0.2) is 23.9 Å². The van der Waals surface area contributed by atoms with Gasteiger partial charge in [0.2, 0.25) is 0 Å². The summed E-state index contributed by atoms with van der Waals surface area (Å²) in [7, 11) is 0. The van der Waals surface area contributed by atoms with Gasteiger partial charge in [0.05, 0.1) is 12.0 Å². The van der Waals surface area contributed by atoms with Gasteiger partial charge in [-0.15, -0.1) is 5.73 Å². The van der Waals surface area contributed by atoms with Gasteiger partial charge in [0, 0.05) is 11.1 Å². The highest BCUT2D eigenvalue weighted by atomic mass is 16.9. The molecular formula is C16H20O6. The number of carbonyl (C=O) groups excluding carboxylic acids is 3. The molecule has 0 aliphatic carbocycles. The predicted octanol–water partition coefficient (Wildman–Crippen LogP) is 2.56. The lowest BCUT2D eigenvalue weighted by Gasteiger charge is -2.30. The zero-order valence-corrected chi connectivity index (χ0v) is 13.3. The molecule has 0 bridgehead atoms. The molecule has 120 valence electrons. The van der Waals surface area contributed by atoms with Gasteiger partial charge in [0.15, 0.2) is 0 Å². The molecule has 22 heavy (non-hydrogen) atoms. The average molecular weight is 308 g/mol. The third-order valence-electron chi connectivity index (χ3n) is 2.45. The van der Waals surface area contributed by atoms with Crippen LogP contribution in [0.2, 0.25) is 0 Å². The van der Waals surface area contributed by atoms with Crippen LogP contribution in [0, 0.1) is 0 Å². The van der Waals surface area contributed by atoms with Crippen molar-refractivity contribution in [2.24, 2.45) is 0 Å². The number of esters is 3. The summed E-state index contributed by atoms with van der Waals surface area (Å²) in [5, 5.41) is 0. The van der Waals surface area contributed by atoms with E-state index < -0.39 is 23.9 Å². The zero-order valence-electron chi connectivity index (χ0n) is 13.3. The van der Waals surface area contributed by atoms with Crippen molar-refractivity contribution in [3.8, 4) is 0 Å². The van der Waals surface area contributed by atoms with E-state index in [2.05, 4.69) is 25.5 Å². The Labute approximate surface area is 129 Å². The SMILES string of the molecule is C=C=C(C)C(=O)OC(CC)(OC(=O)C(=C)C)OC(=O)C(=C)C. The third kappa shape index (κ3) is 5.42. The monoisotopic (exact) mass is 308 g/mol. The highest BCUT2D eigenvalue weighted by molar-refractivity contribution is 5.90. The Balaban J connectivity index is 5.59. The van der Waals surface area contributed by atoms with Crippen molar-refractivity contribution in [2.75, 3.05) is 0 Å². The van der Waals surface area contributed by atoms with E-state index in [1.54, 1.807) is 0 Å². The highest BCUT2D eigenvalue weighted by Crippen LogP contribution is 2.24. The molecule has 0 aromatic heterocycles. The van der Waals surface area contributed by atoms with Crippen LogP contribution in [0.5, 0.6) is 0 Å². The Morgan fingerprint density at radius 1 is 0.909 bits per heavy atom. The van der Waals surface area contributed by atoms with E-state index in [0.29, 0.717) is 0 Å². The number of ether oxygens (including phenoxy) is 3. The van der Waals surface area contributed by atoms with Gasteiger partial charge in [-0.2, -0.15) is 0 Å². The van der Waals surface area contributed by atoms with Crippen LogP contribution in [0.25, 0.3) is 0 Å². The molecule has 0 saturated heterocycles. The first-order chi connectivity index (χ1) is 10.1. The van der Waals surface area contributed by atoms with Crippen molar-refractivity contribution < 1.29 is 28.6 Å². The second kappa shape index (κ2) is 8.00. The second-order valence-electron chi connectivity index (χ2n) is 4.57. The van der Waals surface area contributed by atoms with E-state index in [-0.39, 0.29) is 23.1 Å². The summed E-state index contributed by atoms with van der Waals surface area (Å²) < 4.78 is 15.1. The van der Waals surface area contributed by atoms with Crippen LogP contribution in [0.4, 0.5) is 0 Å². The van der Waals surface area contributed by atoms with Crippen LogP contribution in [-0.2, 0) is 28.6 Å². The number of carbonyl (C=O) groups is 3. The van der Waals surface area contributed by atoms with E-state index in [1.165, 1.54) is 27.7 Å². The molecule has 0 aliphatic rings. The highest BCUT2D eigenvalue weighted by Gasteiger charge is 2.42. The van der Waals surface area contributed by atoms with Crippen LogP contribution >= 0.6 is 0 Å². The lowest BCUT2D eigenvalue weighted by atomic mass is 10.3. The van der Waals surface area contributed by atoms with E-state index in [9.17, 15) is 14.4 Å². The standard InChI is InChI=1S/C16H20O6/c1-8-12(7)15(19)22-16(9-2,20-13(17)10(3)4)21-14(18)11(5)6/h1,3,5,9H2,2,4,6-7H3. The maximum absolute atomic E-state index is 11.9. The van der Waals surface area contributed by atoms with Gasteiger partial charge in [-0.05, 0) is 20.8 Å². The van der Waals surface area contributed by atoms with Gasteiger partial charge in [0.25, 0.3) is 0 Å². The molecule has 0 spiro atoms. The lowest BCUT2D eigenvalue weighted by molar-refractivity contribution is -0.326. The molecule has 0 saturated carbocycles. The molecule has 0 fully saturated rings. The van der Waals surface area contributed by atoms with E-state index in [1.807, 2.05) is 0 Å².